The molecule has 3 N–H and O–H groups in total. The van der Waals surface area contributed by atoms with Crippen molar-refractivity contribution in [2.24, 2.45) is 5.73 Å². The molecule has 0 aromatic carbocycles. The van der Waals surface area contributed by atoms with Crippen LogP contribution < -0.4 is 21.5 Å². The fourth-order valence-corrected chi connectivity index (χ4v) is 1.87. The van der Waals surface area contributed by atoms with Crippen LogP contribution in [0.3, 0.4) is 0 Å². The van der Waals surface area contributed by atoms with Gasteiger partial charge in [0, 0.05) is 17.1 Å². The Bertz CT molecular complexity index is 669. The van der Waals surface area contributed by atoms with E-state index in [0.717, 1.165) is 16.9 Å². The number of carbonyl (C=O) groups excluding carboxylic acids is 1. The number of anilines is 1. The molecule has 0 fully saturated rings. The zero-order valence-corrected chi connectivity index (χ0v) is 11.9. The molecule has 106 valence electrons. The van der Waals surface area contributed by atoms with Gasteiger partial charge in [-0.2, -0.15) is 0 Å². The Morgan fingerprint density at radius 2 is 2.15 bits per heavy atom. The van der Waals surface area contributed by atoms with Crippen LogP contribution >= 0.6 is 0 Å². The van der Waals surface area contributed by atoms with Gasteiger partial charge in [0.2, 0.25) is 0 Å². The van der Waals surface area contributed by atoms with E-state index in [1.54, 1.807) is 12.3 Å². The molecule has 2 rings (SSSR count). The quantitative estimate of drug-likeness (QED) is 0.807. The number of allylic oxidation sites excluding steroid dienone is 2. The highest BCUT2D eigenvalue weighted by molar-refractivity contribution is 5.84. The van der Waals surface area contributed by atoms with Gasteiger partial charge < -0.3 is 10.5 Å². The van der Waals surface area contributed by atoms with Crippen LogP contribution in [0.5, 0.6) is 0 Å². The Labute approximate surface area is 117 Å². The lowest BCUT2D eigenvalue weighted by molar-refractivity contribution is 0.0635. The van der Waals surface area contributed by atoms with E-state index in [2.05, 4.69) is 10.3 Å². The van der Waals surface area contributed by atoms with Crippen molar-refractivity contribution in [3.8, 4) is 0 Å². The van der Waals surface area contributed by atoms with Crippen LogP contribution in [0.15, 0.2) is 24.0 Å². The zero-order valence-electron chi connectivity index (χ0n) is 11.9. The number of amides is 1. The molecule has 1 aromatic rings. The van der Waals surface area contributed by atoms with Crippen LogP contribution in [0, 0.1) is 0 Å². The SMILES string of the molecule is CC(C)(C)OC(=O)Nc1nccc2c1=CC(N)=CCC=2. The normalized spacial score (nSPS) is 14.1. The highest BCUT2D eigenvalue weighted by Gasteiger charge is 2.17. The molecule has 0 radical (unpaired) electrons. The number of carbonyl (C=O) groups is 1. The zero-order chi connectivity index (χ0) is 14.8. The van der Waals surface area contributed by atoms with Gasteiger partial charge in [0.1, 0.15) is 11.4 Å². The Morgan fingerprint density at radius 1 is 1.40 bits per heavy atom. The van der Waals surface area contributed by atoms with Crippen LogP contribution in [0.1, 0.15) is 27.2 Å². The second-order valence-electron chi connectivity index (χ2n) is 5.58. The number of hydrogen-bond donors (Lipinski definition) is 2. The summed E-state index contributed by atoms with van der Waals surface area (Å²) in [6.45, 7) is 5.43. The Hall–Kier alpha value is -2.30. The van der Waals surface area contributed by atoms with Crippen molar-refractivity contribution in [2.75, 3.05) is 5.32 Å². The summed E-state index contributed by atoms with van der Waals surface area (Å²) >= 11 is 0. The van der Waals surface area contributed by atoms with Crippen LogP contribution in [0.4, 0.5) is 10.6 Å². The number of nitrogens with one attached hydrogen (secondary N) is 1. The first-order chi connectivity index (χ1) is 9.35. The molecular weight excluding hydrogens is 254 g/mol. The minimum atomic E-state index is -0.551. The van der Waals surface area contributed by atoms with Gasteiger partial charge in [-0.15, -0.1) is 0 Å². The molecular formula is C15H19N3O2. The summed E-state index contributed by atoms with van der Waals surface area (Å²) in [6, 6.07) is 1.89. The van der Waals surface area contributed by atoms with E-state index in [4.69, 9.17) is 10.5 Å². The third-order valence-electron chi connectivity index (χ3n) is 2.65. The number of hydrogen-bond acceptors (Lipinski definition) is 4. The lowest BCUT2D eigenvalue weighted by Crippen LogP contribution is -2.33. The number of aromatic nitrogens is 1. The molecule has 0 unspecified atom stereocenters. The maximum atomic E-state index is 11.8. The third kappa shape index (κ3) is 3.60. The molecule has 1 aliphatic carbocycles. The average Bonchev–Trinajstić information content (AvgIpc) is 2.48. The van der Waals surface area contributed by atoms with Crippen molar-refractivity contribution in [3.05, 3.63) is 34.5 Å². The number of ether oxygens (including phenoxy) is 1. The summed E-state index contributed by atoms with van der Waals surface area (Å²) in [6.07, 6.45) is 7.63. The maximum absolute atomic E-state index is 11.8. The van der Waals surface area contributed by atoms with Gasteiger partial charge in [-0.25, -0.2) is 9.78 Å². The molecule has 1 aliphatic rings. The van der Waals surface area contributed by atoms with Crippen LogP contribution in [0.2, 0.25) is 0 Å². The highest BCUT2D eigenvalue weighted by atomic mass is 16.6. The van der Waals surface area contributed by atoms with E-state index in [9.17, 15) is 4.79 Å². The first-order valence-corrected chi connectivity index (χ1v) is 6.48. The van der Waals surface area contributed by atoms with E-state index >= 15 is 0 Å². The van der Waals surface area contributed by atoms with Crippen LogP contribution in [-0.4, -0.2) is 16.7 Å². The number of fused-ring (bicyclic) bond motifs is 1. The summed E-state index contributed by atoms with van der Waals surface area (Å²) < 4.78 is 5.23. The summed E-state index contributed by atoms with van der Waals surface area (Å²) in [5.74, 6) is 0.450. The predicted octanol–water partition coefficient (Wildman–Crippen LogP) is 1.24. The second kappa shape index (κ2) is 5.36. The smallest absolute Gasteiger partial charge is 0.413 e. The Morgan fingerprint density at radius 3 is 2.85 bits per heavy atom. The number of pyridine rings is 1. The molecule has 1 aromatic heterocycles. The fourth-order valence-electron chi connectivity index (χ4n) is 1.87. The number of nitrogens with zero attached hydrogens (tertiary/aromatic N) is 1. The molecule has 20 heavy (non-hydrogen) atoms. The van der Waals surface area contributed by atoms with Gasteiger partial charge in [-0.05, 0) is 44.6 Å². The number of nitrogens with two attached hydrogens (primary N) is 1. The molecule has 0 bridgehead atoms. The number of rotatable bonds is 1. The van der Waals surface area contributed by atoms with E-state index < -0.39 is 11.7 Å². The molecule has 0 saturated heterocycles. The first-order valence-electron chi connectivity index (χ1n) is 6.48. The topological polar surface area (TPSA) is 77.2 Å². The van der Waals surface area contributed by atoms with E-state index in [-0.39, 0.29) is 0 Å². The standard InChI is InChI=1S/C15H19N3O2/c1-15(2,3)20-14(19)18-13-12-9-11(16)6-4-5-10(12)7-8-17-13/h5-9H,4,16H2,1-3H3,(H,17,18,19). The third-order valence-corrected chi connectivity index (χ3v) is 2.65. The van der Waals surface area contributed by atoms with Crippen molar-refractivity contribution >= 4 is 24.1 Å². The summed E-state index contributed by atoms with van der Waals surface area (Å²) in [5.41, 5.74) is 5.97. The van der Waals surface area contributed by atoms with Crippen molar-refractivity contribution < 1.29 is 9.53 Å². The van der Waals surface area contributed by atoms with Crippen molar-refractivity contribution in [3.63, 3.8) is 0 Å². The van der Waals surface area contributed by atoms with Gasteiger partial charge >= 0.3 is 6.09 Å². The highest BCUT2D eigenvalue weighted by Crippen LogP contribution is 2.08. The van der Waals surface area contributed by atoms with Crippen molar-refractivity contribution in [1.82, 2.24) is 4.98 Å². The lowest BCUT2D eigenvalue weighted by Gasteiger charge is -2.19. The minimum absolute atomic E-state index is 0.450. The monoisotopic (exact) mass is 273 g/mol. The Kier molecular flexibility index (Phi) is 3.79. The van der Waals surface area contributed by atoms with Crippen LogP contribution in [0.25, 0.3) is 12.2 Å². The van der Waals surface area contributed by atoms with Gasteiger partial charge in [-0.1, -0.05) is 12.2 Å². The molecule has 1 amide bonds. The summed E-state index contributed by atoms with van der Waals surface area (Å²) in [5, 5.41) is 4.45. The van der Waals surface area contributed by atoms with E-state index in [1.807, 2.05) is 39.0 Å². The maximum Gasteiger partial charge on any atom is 0.413 e. The van der Waals surface area contributed by atoms with Gasteiger partial charge in [0.05, 0.1) is 0 Å². The summed E-state index contributed by atoms with van der Waals surface area (Å²) in [7, 11) is 0. The van der Waals surface area contributed by atoms with Crippen molar-refractivity contribution in [1.29, 1.82) is 0 Å². The molecule has 5 heteroatoms. The van der Waals surface area contributed by atoms with Crippen LogP contribution in [-0.2, 0) is 4.74 Å². The minimum Gasteiger partial charge on any atom is -0.444 e. The molecule has 1 heterocycles. The van der Waals surface area contributed by atoms with Gasteiger partial charge in [-0.3, -0.25) is 5.32 Å². The first kappa shape index (κ1) is 14.1. The average molecular weight is 273 g/mol. The largest absolute Gasteiger partial charge is 0.444 e. The molecule has 0 saturated carbocycles. The Balaban J connectivity index is 2.36. The summed E-state index contributed by atoms with van der Waals surface area (Å²) in [4.78, 5) is 16.0. The molecule has 0 spiro atoms. The fraction of sp³-hybridized carbons (Fsp3) is 0.333. The molecule has 5 nitrogen and oxygen atoms in total. The van der Waals surface area contributed by atoms with Gasteiger partial charge in [0.25, 0.3) is 0 Å². The van der Waals surface area contributed by atoms with Crippen molar-refractivity contribution in [2.45, 2.75) is 32.8 Å². The lowest BCUT2D eigenvalue weighted by atomic mass is 10.2. The molecule has 0 aliphatic heterocycles. The predicted molar refractivity (Wildman–Crippen MR) is 79.2 cm³/mol. The van der Waals surface area contributed by atoms with E-state index in [1.165, 1.54) is 0 Å². The van der Waals surface area contributed by atoms with Gasteiger partial charge in [0.15, 0.2) is 0 Å². The van der Waals surface area contributed by atoms with E-state index in [0.29, 0.717) is 11.5 Å². The molecule has 0 atom stereocenters. The second-order valence-corrected chi connectivity index (χ2v) is 5.58.